The van der Waals surface area contributed by atoms with Crippen molar-refractivity contribution in [2.24, 2.45) is 0 Å². The molecule has 1 atom stereocenters. The molecule has 3 N–H and O–H groups in total. The molecule has 0 radical (unpaired) electrons. The minimum absolute atomic E-state index is 0.0473. The molecule has 1 aromatic heterocycles. The monoisotopic (exact) mass is 371 g/mol. The fraction of sp³-hybridized carbons (Fsp3) is 0.667. The van der Waals surface area contributed by atoms with Crippen LogP contribution < -0.4 is 10.0 Å². The molecule has 2 rings (SSSR count). The number of sulfonamides is 1. The van der Waals surface area contributed by atoms with Gasteiger partial charge in [-0.25, -0.2) is 23.1 Å². The second-order valence-electron chi connectivity index (χ2n) is 6.29. The Kier molecular flexibility index (Phi) is 6.31. The lowest BCUT2D eigenvalue weighted by molar-refractivity contribution is 0.0305. The molecule has 1 aliphatic rings. The fourth-order valence-corrected chi connectivity index (χ4v) is 3.23. The molecule has 1 saturated heterocycles. The molecule has 1 aliphatic heterocycles. The van der Waals surface area contributed by atoms with Gasteiger partial charge >= 0.3 is 0 Å². The van der Waals surface area contributed by atoms with Gasteiger partial charge in [0.1, 0.15) is 0 Å². The third-order valence-electron chi connectivity index (χ3n) is 4.10. The minimum Gasteiger partial charge on any atom is -0.388 e. The van der Waals surface area contributed by atoms with Crippen molar-refractivity contribution in [2.45, 2.75) is 31.8 Å². The van der Waals surface area contributed by atoms with Crippen molar-refractivity contribution in [3.63, 3.8) is 0 Å². The number of hydrogen-bond donors (Lipinski definition) is 3. The summed E-state index contributed by atoms with van der Waals surface area (Å²) in [6.45, 7) is 3.41. The molecule has 9 nitrogen and oxygen atoms in total. The lowest BCUT2D eigenvalue weighted by Gasteiger charge is -2.26. The van der Waals surface area contributed by atoms with Crippen LogP contribution in [-0.4, -0.2) is 72.3 Å². The Labute approximate surface area is 147 Å². The number of hydrogen-bond acceptors (Lipinski definition) is 7. The topological polar surface area (TPSA) is 125 Å². The van der Waals surface area contributed by atoms with Crippen LogP contribution in [0.3, 0.4) is 0 Å². The number of likely N-dealkylation sites (tertiary alicyclic amines) is 1. The van der Waals surface area contributed by atoms with E-state index in [0.717, 1.165) is 6.26 Å². The Morgan fingerprint density at radius 3 is 2.60 bits per heavy atom. The molecule has 0 aliphatic carbocycles. The first-order valence-corrected chi connectivity index (χ1v) is 10.1. The van der Waals surface area contributed by atoms with Gasteiger partial charge in [-0.05, 0) is 26.2 Å². The van der Waals surface area contributed by atoms with Crippen LogP contribution in [-0.2, 0) is 10.0 Å². The van der Waals surface area contributed by atoms with Crippen LogP contribution in [0.15, 0.2) is 12.4 Å². The van der Waals surface area contributed by atoms with E-state index < -0.39 is 15.6 Å². The second-order valence-corrected chi connectivity index (χ2v) is 8.12. The predicted molar refractivity (Wildman–Crippen MR) is 93.7 cm³/mol. The molecule has 1 fully saturated rings. The minimum atomic E-state index is -3.37. The number of nitrogens with one attached hydrogen (secondary N) is 2. The van der Waals surface area contributed by atoms with Crippen molar-refractivity contribution in [1.29, 1.82) is 0 Å². The van der Waals surface area contributed by atoms with Crippen LogP contribution in [0.1, 0.15) is 36.5 Å². The van der Waals surface area contributed by atoms with E-state index in [4.69, 9.17) is 0 Å². The number of anilines is 1. The molecule has 10 heteroatoms. The van der Waals surface area contributed by atoms with Crippen LogP contribution in [0.4, 0.5) is 5.95 Å². The Morgan fingerprint density at radius 2 is 2.00 bits per heavy atom. The highest BCUT2D eigenvalue weighted by molar-refractivity contribution is 7.88. The van der Waals surface area contributed by atoms with Crippen molar-refractivity contribution in [3.8, 4) is 0 Å². The van der Waals surface area contributed by atoms with E-state index in [1.54, 1.807) is 4.90 Å². The third-order valence-corrected chi connectivity index (χ3v) is 4.77. The van der Waals surface area contributed by atoms with Crippen LogP contribution in [0.5, 0.6) is 0 Å². The van der Waals surface area contributed by atoms with Gasteiger partial charge in [-0.15, -0.1) is 0 Å². The Hall–Kier alpha value is -1.78. The Morgan fingerprint density at radius 1 is 1.32 bits per heavy atom. The van der Waals surface area contributed by atoms with E-state index in [0.29, 0.717) is 50.4 Å². The summed E-state index contributed by atoms with van der Waals surface area (Å²) in [4.78, 5) is 22.4. The zero-order chi connectivity index (χ0) is 18.5. The third kappa shape index (κ3) is 5.91. The van der Waals surface area contributed by atoms with Gasteiger partial charge in [0.15, 0.2) is 0 Å². The maximum absolute atomic E-state index is 12.6. The molecular formula is C15H25N5O4S. The molecule has 25 heavy (non-hydrogen) atoms. The first-order valence-electron chi connectivity index (χ1n) is 8.25. The fourth-order valence-electron chi connectivity index (χ4n) is 2.69. The molecule has 0 unspecified atom stereocenters. The predicted octanol–water partition coefficient (Wildman–Crippen LogP) is -0.185. The maximum Gasteiger partial charge on any atom is 0.256 e. The van der Waals surface area contributed by atoms with Gasteiger partial charge in [-0.2, -0.15) is 0 Å². The lowest BCUT2D eigenvalue weighted by atomic mass is 9.95. The van der Waals surface area contributed by atoms with Crippen LogP contribution in [0.2, 0.25) is 0 Å². The molecular weight excluding hydrogens is 346 g/mol. The molecule has 0 saturated carbocycles. The molecule has 0 spiro atoms. The number of carbonyl (C=O) groups excluding carboxylic acids is 1. The number of aliphatic hydroxyl groups is 1. The van der Waals surface area contributed by atoms with Crippen LogP contribution in [0.25, 0.3) is 0 Å². The van der Waals surface area contributed by atoms with E-state index in [-0.39, 0.29) is 12.5 Å². The van der Waals surface area contributed by atoms with Gasteiger partial charge < -0.3 is 15.3 Å². The summed E-state index contributed by atoms with van der Waals surface area (Å²) in [7, 11) is -3.37. The van der Waals surface area contributed by atoms with Gasteiger partial charge in [-0.1, -0.05) is 0 Å². The lowest BCUT2D eigenvalue weighted by Crippen LogP contribution is -2.43. The zero-order valence-electron chi connectivity index (χ0n) is 14.5. The SMILES string of the molecule is CCNc1ncc(C(=O)N2CCC[C@@](O)(CNS(C)(=O)=O)CC2)cn1. The average Bonchev–Trinajstić information content (AvgIpc) is 2.75. The molecule has 1 amide bonds. The van der Waals surface area contributed by atoms with E-state index in [9.17, 15) is 18.3 Å². The van der Waals surface area contributed by atoms with Crippen molar-refractivity contribution < 1.29 is 18.3 Å². The largest absolute Gasteiger partial charge is 0.388 e. The maximum atomic E-state index is 12.6. The molecule has 140 valence electrons. The molecule has 0 aromatic carbocycles. The number of nitrogens with zero attached hydrogens (tertiary/aromatic N) is 3. The second kappa shape index (κ2) is 8.07. The summed E-state index contributed by atoms with van der Waals surface area (Å²) < 4.78 is 24.8. The quantitative estimate of drug-likeness (QED) is 0.633. The summed E-state index contributed by atoms with van der Waals surface area (Å²) in [6, 6.07) is 0. The summed E-state index contributed by atoms with van der Waals surface area (Å²) in [6.07, 6.45) is 5.34. The molecule has 0 bridgehead atoms. The van der Waals surface area contributed by atoms with E-state index in [1.807, 2.05) is 6.92 Å². The van der Waals surface area contributed by atoms with Crippen LogP contribution in [0, 0.1) is 0 Å². The van der Waals surface area contributed by atoms with Crippen molar-refractivity contribution >= 4 is 21.9 Å². The van der Waals surface area contributed by atoms with Gasteiger partial charge in [0.2, 0.25) is 16.0 Å². The normalized spacial score (nSPS) is 21.6. The van der Waals surface area contributed by atoms with E-state index >= 15 is 0 Å². The van der Waals surface area contributed by atoms with Crippen molar-refractivity contribution in [1.82, 2.24) is 19.6 Å². The number of amides is 1. The highest BCUT2D eigenvalue weighted by atomic mass is 32.2. The summed E-state index contributed by atoms with van der Waals surface area (Å²) in [5.74, 6) is 0.277. The standard InChI is InChI=1S/C15H25N5O4S/c1-3-16-14-17-9-12(10-18-14)13(21)20-7-4-5-15(22,6-8-20)11-19-25(2,23)24/h9-10,19,22H,3-8,11H2,1-2H3,(H,16,17,18)/t15-/m0/s1. The smallest absolute Gasteiger partial charge is 0.256 e. The molecule has 1 aromatic rings. The first-order chi connectivity index (χ1) is 11.7. The number of aromatic nitrogens is 2. The average molecular weight is 371 g/mol. The molecule has 2 heterocycles. The number of rotatable bonds is 6. The summed E-state index contributed by atoms with van der Waals surface area (Å²) in [5.41, 5.74) is -0.759. The highest BCUT2D eigenvalue weighted by Crippen LogP contribution is 2.23. The Bertz CT molecular complexity index is 694. The van der Waals surface area contributed by atoms with Crippen molar-refractivity contribution in [3.05, 3.63) is 18.0 Å². The summed E-state index contributed by atoms with van der Waals surface area (Å²) >= 11 is 0. The van der Waals surface area contributed by atoms with Gasteiger partial charge in [0.05, 0.1) is 17.4 Å². The van der Waals surface area contributed by atoms with Crippen molar-refractivity contribution in [2.75, 3.05) is 37.8 Å². The van der Waals surface area contributed by atoms with Gasteiger partial charge in [0, 0.05) is 38.6 Å². The summed E-state index contributed by atoms with van der Waals surface area (Å²) in [5, 5.41) is 13.5. The van der Waals surface area contributed by atoms with Crippen LogP contribution >= 0.6 is 0 Å². The van der Waals surface area contributed by atoms with Gasteiger partial charge in [0.25, 0.3) is 5.91 Å². The first kappa shape index (κ1) is 19.5. The number of carbonyl (C=O) groups is 1. The Balaban J connectivity index is 1.98. The van der Waals surface area contributed by atoms with Gasteiger partial charge in [-0.3, -0.25) is 4.79 Å². The van der Waals surface area contributed by atoms with E-state index in [2.05, 4.69) is 20.0 Å². The zero-order valence-corrected chi connectivity index (χ0v) is 15.3. The van der Waals surface area contributed by atoms with E-state index in [1.165, 1.54) is 12.4 Å². The highest BCUT2D eigenvalue weighted by Gasteiger charge is 2.32.